The van der Waals surface area contributed by atoms with Crippen LogP contribution in [0.1, 0.15) is 34.6 Å². The zero-order valence-electron chi connectivity index (χ0n) is 15.2. The van der Waals surface area contributed by atoms with Gasteiger partial charge in [-0.1, -0.05) is 36.4 Å². The van der Waals surface area contributed by atoms with Crippen LogP contribution in [-0.2, 0) is 4.79 Å². The van der Waals surface area contributed by atoms with Crippen LogP contribution in [0.2, 0.25) is 0 Å². The first kappa shape index (κ1) is 18.3. The Balaban J connectivity index is 2.06. The summed E-state index contributed by atoms with van der Waals surface area (Å²) in [6.07, 6.45) is 0. The summed E-state index contributed by atoms with van der Waals surface area (Å²) in [7, 11) is 0. The molecular weight excluding hydrogens is 346 g/mol. The number of fused-ring (bicyclic) bond motifs is 1. The van der Waals surface area contributed by atoms with E-state index >= 15 is 0 Å². The Morgan fingerprint density at radius 1 is 1.04 bits per heavy atom. The molecule has 3 aromatic rings. The van der Waals surface area contributed by atoms with Gasteiger partial charge in [-0.3, -0.25) is 9.59 Å². The van der Waals surface area contributed by atoms with Crippen LogP contribution >= 0.6 is 0 Å². The van der Waals surface area contributed by atoms with Gasteiger partial charge in [-0.25, -0.2) is 9.48 Å². The second-order valence-corrected chi connectivity index (χ2v) is 6.38. The van der Waals surface area contributed by atoms with Crippen LogP contribution in [0.4, 0.5) is 5.69 Å². The number of hydrogen-bond acceptors (Lipinski definition) is 4. The van der Waals surface area contributed by atoms with Gasteiger partial charge in [-0.05, 0) is 38.0 Å². The molecule has 0 bridgehead atoms. The molecule has 7 nitrogen and oxygen atoms in total. The lowest BCUT2D eigenvalue weighted by Gasteiger charge is -2.17. The lowest BCUT2D eigenvalue weighted by Crippen LogP contribution is -2.35. The third-order valence-corrected chi connectivity index (χ3v) is 4.51. The maximum Gasteiger partial charge on any atom is 0.357 e. The number of nitrogens with one attached hydrogen (secondary N) is 1. The molecule has 1 heterocycles. The van der Waals surface area contributed by atoms with E-state index in [9.17, 15) is 19.5 Å². The van der Waals surface area contributed by atoms with Crippen molar-refractivity contribution in [2.75, 3.05) is 5.32 Å². The van der Waals surface area contributed by atoms with Gasteiger partial charge < -0.3 is 10.4 Å². The first-order chi connectivity index (χ1) is 12.8. The number of rotatable bonds is 4. The number of carbonyl (C=O) groups is 2. The maximum atomic E-state index is 12.8. The van der Waals surface area contributed by atoms with E-state index in [0.29, 0.717) is 5.69 Å². The predicted octanol–water partition coefficient (Wildman–Crippen LogP) is 2.91. The number of carbonyl (C=O) groups excluding carboxylic acids is 1. The summed E-state index contributed by atoms with van der Waals surface area (Å²) < 4.78 is 0.925. The molecule has 2 aromatic carbocycles. The van der Waals surface area contributed by atoms with E-state index in [1.807, 2.05) is 32.0 Å². The Kier molecular flexibility index (Phi) is 4.77. The highest BCUT2D eigenvalue weighted by molar-refractivity contribution is 6.01. The third kappa shape index (κ3) is 3.31. The molecule has 1 amide bonds. The van der Waals surface area contributed by atoms with Crippen LogP contribution < -0.4 is 10.9 Å². The number of carboxylic acid groups (broad SMARTS) is 1. The molecule has 2 N–H and O–H groups in total. The fraction of sp³-hybridized carbons (Fsp3) is 0.200. The monoisotopic (exact) mass is 365 g/mol. The molecule has 0 fully saturated rings. The molecule has 0 saturated carbocycles. The number of para-hydroxylation sites is 1. The molecule has 0 radical (unpaired) electrons. The van der Waals surface area contributed by atoms with Gasteiger partial charge >= 0.3 is 5.97 Å². The maximum absolute atomic E-state index is 12.8. The zero-order valence-corrected chi connectivity index (χ0v) is 15.2. The SMILES string of the molecule is Cc1cccc(C)c1NC(=O)C(C)n1nc(C(=O)O)c2ccccc2c1=O. The van der Waals surface area contributed by atoms with E-state index < -0.39 is 23.5 Å². The van der Waals surface area contributed by atoms with Crippen molar-refractivity contribution in [3.05, 3.63) is 69.6 Å². The van der Waals surface area contributed by atoms with E-state index in [4.69, 9.17) is 0 Å². The van der Waals surface area contributed by atoms with Gasteiger partial charge in [0.1, 0.15) is 6.04 Å². The van der Waals surface area contributed by atoms with Crippen molar-refractivity contribution in [2.24, 2.45) is 0 Å². The van der Waals surface area contributed by atoms with Gasteiger partial charge in [0.2, 0.25) is 5.91 Å². The summed E-state index contributed by atoms with van der Waals surface area (Å²) in [4.78, 5) is 37.1. The Morgan fingerprint density at radius 3 is 2.22 bits per heavy atom. The topological polar surface area (TPSA) is 101 Å². The summed E-state index contributed by atoms with van der Waals surface area (Å²) in [5.74, 6) is -1.71. The minimum atomic E-state index is -1.26. The Bertz CT molecular complexity index is 1100. The van der Waals surface area contributed by atoms with Crippen molar-refractivity contribution in [2.45, 2.75) is 26.8 Å². The number of hydrogen-bond donors (Lipinski definition) is 2. The zero-order chi connectivity index (χ0) is 19.7. The summed E-state index contributed by atoms with van der Waals surface area (Å²) in [5.41, 5.74) is 1.67. The van der Waals surface area contributed by atoms with Crippen LogP contribution in [0.3, 0.4) is 0 Å². The second-order valence-electron chi connectivity index (χ2n) is 6.38. The predicted molar refractivity (Wildman–Crippen MR) is 102 cm³/mol. The van der Waals surface area contributed by atoms with Crippen LogP contribution in [0.15, 0.2) is 47.3 Å². The summed E-state index contributed by atoms with van der Waals surface area (Å²) >= 11 is 0. The molecule has 138 valence electrons. The molecule has 0 saturated heterocycles. The Hall–Kier alpha value is -3.48. The molecule has 0 aliphatic heterocycles. The standard InChI is InChI=1S/C20H19N3O4/c1-11-7-6-8-12(2)16(11)21-18(24)13(3)23-19(25)15-10-5-4-9-14(15)17(22-23)20(26)27/h4-10,13H,1-3H3,(H,21,24)(H,26,27). The summed E-state index contributed by atoms with van der Waals surface area (Å²) in [6, 6.07) is 11.0. The molecular formula is C20H19N3O4. The van der Waals surface area contributed by atoms with E-state index in [1.54, 1.807) is 12.1 Å². The van der Waals surface area contributed by atoms with Crippen LogP contribution in [-0.4, -0.2) is 26.8 Å². The highest BCUT2D eigenvalue weighted by atomic mass is 16.4. The number of benzene rings is 2. The molecule has 0 spiro atoms. The first-order valence-corrected chi connectivity index (χ1v) is 8.43. The smallest absolute Gasteiger partial charge is 0.357 e. The molecule has 1 atom stereocenters. The molecule has 1 unspecified atom stereocenters. The fourth-order valence-corrected chi connectivity index (χ4v) is 2.98. The second kappa shape index (κ2) is 7.03. The van der Waals surface area contributed by atoms with Gasteiger partial charge in [0, 0.05) is 11.1 Å². The van der Waals surface area contributed by atoms with Gasteiger partial charge in [-0.15, -0.1) is 0 Å². The quantitative estimate of drug-likeness (QED) is 0.740. The lowest BCUT2D eigenvalue weighted by atomic mass is 10.1. The largest absolute Gasteiger partial charge is 0.476 e. The van der Waals surface area contributed by atoms with Gasteiger partial charge in [-0.2, -0.15) is 5.10 Å². The molecule has 0 aliphatic rings. The van der Waals surface area contributed by atoms with Gasteiger partial charge in [0.05, 0.1) is 5.39 Å². The molecule has 3 rings (SSSR count). The van der Waals surface area contributed by atoms with Crippen LogP contribution in [0.5, 0.6) is 0 Å². The summed E-state index contributed by atoms with van der Waals surface area (Å²) in [6.45, 7) is 5.25. The number of nitrogens with zero attached hydrogens (tertiary/aromatic N) is 2. The molecule has 0 aliphatic carbocycles. The highest BCUT2D eigenvalue weighted by Gasteiger charge is 2.23. The molecule has 27 heavy (non-hydrogen) atoms. The number of amides is 1. The van der Waals surface area contributed by atoms with Crippen molar-refractivity contribution >= 4 is 28.3 Å². The number of anilines is 1. The van der Waals surface area contributed by atoms with Crippen molar-refractivity contribution in [1.82, 2.24) is 9.78 Å². The van der Waals surface area contributed by atoms with E-state index in [1.165, 1.54) is 19.1 Å². The van der Waals surface area contributed by atoms with E-state index in [2.05, 4.69) is 10.4 Å². The van der Waals surface area contributed by atoms with Crippen molar-refractivity contribution < 1.29 is 14.7 Å². The molecule has 7 heteroatoms. The highest BCUT2D eigenvalue weighted by Crippen LogP contribution is 2.21. The summed E-state index contributed by atoms with van der Waals surface area (Å²) in [5, 5.41) is 16.7. The van der Waals surface area contributed by atoms with E-state index in [0.717, 1.165) is 15.8 Å². The first-order valence-electron chi connectivity index (χ1n) is 8.43. The van der Waals surface area contributed by atoms with Gasteiger partial charge in [0.25, 0.3) is 5.56 Å². The van der Waals surface area contributed by atoms with Gasteiger partial charge in [0.15, 0.2) is 5.69 Å². The van der Waals surface area contributed by atoms with Crippen LogP contribution in [0.25, 0.3) is 10.8 Å². The Labute approximate surface area is 155 Å². The third-order valence-electron chi connectivity index (χ3n) is 4.51. The van der Waals surface area contributed by atoms with Crippen molar-refractivity contribution in [1.29, 1.82) is 0 Å². The molecule has 1 aromatic heterocycles. The minimum Gasteiger partial charge on any atom is -0.476 e. The number of aromatic carboxylic acids is 1. The average Bonchev–Trinajstić information content (AvgIpc) is 2.64. The normalized spacial score (nSPS) is 12.0. The average molecular weight is 365 g/mol. The fourth-order valence-electron chi connectivity index (χ4n) is 2.98. The van der Waals surface area contributed by atoms with Crippen LogP contribution in [0, 0.1) is 13.8 Å². The number of aryl methyl sites for hydroxylation is 2. The van der Waals surface area contributed by atoms with Crippen molar-refractivity contribution in [3.8, 4) is 0 Å². The number of aromatic nitrogens is 2. The lowest BCUT2D eigenvalue weighted by molar-refractivity contribution is -0.119. The van der Waals surface area contributed by atoms with Crippen molar-refractivity contribution in [3.63, 3.8) is 0 Å². The van der Waals surface area contributed by atoms with E-state index in [-0.39, 0.29) is 16.5 Å². The Morgan fingerprint density at radius 2 is 1.63 bits per heavy atom. The minimum absolute atomic E-state index is 0.205. The number of carboxylic acids is 1.